The fourth-order valence-corrected chi connectivity index (χ4v) is 2.98. The normalized spacial score (nSPS) is 12.2. The Hall–Kier alpha value is -2.54. The largest absolute Gasteiger partial charge is 0.351 e. The molecule has 1 aliphatic rings. The first-order valence-corrected chi connectivity index (χ1v) is 6.87. The summed E-state index contributed by atoms with van der Waals surface area (Å²) in [5, 5.41) is 0. The van der Waals surface area contributed by atoms with Crippen LogP contribution in [0, 0.1) is 0 Å². The van der Waals surface area contributed by atoms with Gasteiger partial charge in [-0.05, 0) is 46.0 Å². The predicted molar refractivity (Wildman–Crippen MR) is 84.3 cm³/mol. The summed E-state index contributed by atoms with van der Waals surface area (Å²) in [6.45, 7) is 0. The van der Waals surface area contributed by atoms with Crippen molar-refractivity contribution >= 4 is 11.6 Å². The molecule has 0 fully saturated rings. The van der Waals surface area contributed by atoms with Crippen LogP contribution in [0.15, 0.2) is 66.9 Å². The fraction of sp³-hybridized carbons (Fsp3) is 0.0526. The van der Waals surface area contributed by atoms with Gasteiger partial charge in [0.2, 0.25) is 0 Å². The van der Waals surface area contributed by atoms with Crippen molar-refractivity contribution in [1.29, 1.82) is 0 Å². The standard InChI is InChI=1S/C19H15N/c1-20-12-6-7-14(20)13-19-17-10-4-2-8-15(17)16-9-3-5-11-18(16)19/h2-13H,1H3. The second-order valence-corrected chi connectivity index (χ2v) is 5.19. The van der Waals surface area contributed by atoms with E-state index >= 15 is 0 Å². The number of hydrogen-bond acceptors (Lipinski definition) is 0. The lowest BCUT2D eigenvalue weighted by Gasteiger charge is -2.04. The van der Waals surface area contributed by atoms with E-state index in [-0.39, 0.29) is 0 Å². The van der Waals surface area contributed by atoms with Gasteiger partial charge >= 0.3 is 0 Å². The predicted octanol–water partition coefficient (Wildman–Crippen LogP) is 4.59. The summed E-state index contributed by atoms with van der Waals surface area (Å²) in [5.74, 6) is 0. The van der Waals surface area contributed by atoms with E-state index in [1.807, 2.05) is 0 Å². The fourth-order valence-electron chi connectivity index (χ4n) is 2.98. The summed E-state index contributed by atoms with van der Waals surface area (Å²) in [4.78, 5) is 0. The highest BCUT2D eigenvalue weighted by Crippen LogP contribution is 2.44. The summed E-state index contributed by atoms with van der Waals surface area (Å²) in [6.07, 6.45) is 4.36. The molecule has 0 aliphatic heterocycles. The van der Waals surface area contributed by atoms with Crippen LogP contribution < -0.4 is 0 Å². The van der Waals surface area contributed by atoms with E-state index in [2.05, 4.69) is 84.6 Å². The minimum Gasteiger partial charge on any atom is -0.351 e. The Morgan fingerprint density at radius 3 is 1.75 bits per heavy atom. The molecule has 0 bridgehead atoms. The Bertz CT molecular complexity index is 774. The van der Waals surface area contributed by atoms with Gasteiger partial charge in [0.05, 0.1) is 0 Å². The van der Waals surface area contributed by atoms with Crippen LogP contribution in [0.4, 0.5) is 0 Å². The second-order valence-electron chi connectivity index (χ2n) is 5.19. The summed E-state index contributed by atoms with van der Waals surface area (Å²) < 4.78 is 2.15. The van der Waals surface area contributed by atoms with Crippen molar-refractivity contribution < 1.29 is 0 Å². The lowest BCUT2D eigenvalue weighted by molar-refractivity contribution is 0.915. The molecule has 0 saturated carbocycles. The SMILES string of the molecule is Cn1cccc1C=C1c2ccccc2-c2ccccc21. The van der Waals surface area contributed by atoms with Crippen molar-refractivity contribution in [3.8, 4) is 11.1 Å². The van der Waals surface area contributed by atoms with Gasteiger partial charge in [0.1, 0.15) is 0 Å². The van der Waals surface area contributed by atoms with Gasteiger partial charge in [-0.15, -0.1) is 0 Å². The van der Waals surface area contributed by atoms with Gasteiger partial charge in [-0.1, -0.05) is 48.5 Å². The average molecular weight is 257 g/mol. The maximum Gasteiger partial charge on any atom is 0.0410 e. The number of aryl methyl sites for hydroxylation is 1. The first-order chi connectivity index (χ1) is 9.84. The summed E-state index contributed by atoms with van der Waals surface area (Å²) >= 11 is 0. The second kappa shape index (κ2) is 4.24. The molecular formula is C19H15N. The Balaban J connectivity index is 2.01. The zero-order chi connectivity index (χ0) is 13.5. The summed E-state index contributed by atoms with van der Waals surface area (Å²) in [5.41, 5.74) is 7.88. The molecule has 1 heterocycles. The van der Waals surface area contributed by atoms with E-state index in [0.717, 1.165) is 0 Å². The third-order valence-corrected chi connectivity index (χ3v) is 4.00. The number of benzene rings is 2. The Morgan fingerprint density at radius 2 is 1.25 bits per heavy atom. The lowest BCUT2D eigenvalue weighted by Crippen LogP contribution is -1.89. The quantitative estimate of drug-likeness (QED) is 0.470. The van der Waals surface area contributed by atoms with Gasteiger partial charge in [0.15, 0.2) is 0 Å². The highest BCUT2D eigenvalue weighted by molar-refractivity contribution is 6.06. The molecule has 3 aromatic rings. The highest BCUT2D eigenvalue weighted by Gasteiger charge is 2.22. The molecule has 1 aliphatic carbocycles. The molecule has 1 aromatic heterocycles. The number of aromatic nitrogens is 1. The monoisotopic (exact) mass is 257 g/mol. The molecule has 20 heavy (non-hydrogen) atoms. The number of hydrogen-bond donors (Lipinski definition) is 0. The molecule has 0 spiro atoms. The van der Waals surface area contributed by atoms with Gasteiger partial charge in [-0.25, -0.2) is 0 Å². The van der Waals surface area contributed by atoms with Gasteiger partial charge in [0.25, 0.3) is 0 Å². The van der Waals surface area contributed by atoms with Crippen LogP contribution in [0.25, 0.3) is 22.8 Å². The molecular weight excluding hydrogens is 242 g/mol. The molecule has 4 rings (SSSR count). The van der Waals surface area contributed by atoms with Crippen molar-refractivity contribution in [1.82, 2.24) is 4.57 Å². The number of fused-ring (bicyclic) bond motifs is 3. The van der Waals surface area contributed by atoms with E-state index in [4.69, 9.17) is 0 Å². The van der Waals surface area contributed by atoms with Gasteiger partial charge in [-0.2, -0.15) is 0 Å². The van der Waals surface area contributed by atoms with E-state index in [9.17, 15) is 0 Å². The molecule has 1 heteroatoms. The van der Waals surface area contributed by atoms with Crippen LogP contribution >= 0.6 is 0 Å². The van der Waals surface area contributed by atoms with Crippen molar-refractivity contribution in [2.75, 3.05) is 0 Å². The zero-order valence-corrected chi connectivity index (χ0v) is 11.4. The Labute approximate surface area is 118 Å². The minimum absolute atomic E-state index is 1.23. The molecule has 0 unspecified atom stereocenters. The highest BCUT2D eigenvalue weighted by atomic mass is 14.9. The smallest absolute Gasteiger partial charge is 0.0410 e. The van der Waals surface area contributed by atoms with E-state index in [1.165, 1.54) is 33.5 Å². The lowest BCUT2D eigenvalue weighted by atomic mass is 10.0. The Morgan fingerprint density at radius 1 is 0.700 bits per heavy atom. The maximum atomic E-state index is 2.28. The van der Waals surface area contributed by atoms with Crippen molar-refractivity contribution in [2.45, 2.75) is 0 Å². The van der Waals surface area contributed by atoms with Crippen molar-refractivity contribution in [3.63, 3.8) is 0 Å². The van der Waals surface area contributed by atoms with Crippen LogP contribution in [-0.4, -0.2) is 4.57 Å². The zero-order valence-electron chi connectivity index (χ0n) is 11.4. The average Bonchev–Trinajstić information content (AvgIpc) is 3.03. The van der Waals surface area contributed by atoms with Gasteiger partial charge < -0.3 is 4.57 Å². The maximum absolute atomic E-state index is 2.28. The Kier molecular flexibility index (Phi) is 2.40. The first-order valence-electron chi connectivity index (χ1n) is 6.87. The first kappa shape index (κ1) is 11.3. The molecule has 0 saturated heterocycles. The van der Waals surface area contributed by atoms with Crippen LogP contribution in [0.3, 0.4) is 0 Å². The van der Waals surface area contributed by atoms with Crippen LogP contribution in [-0.2, 0) is 7.05 Å². The summed E-state index contributed by atoms with van der Waals surface area (Å²) in [7, 11) is 2.08. The molecule has 0 radical (unpaired) electrons. The van der Waals surface area contributed by atoms with Gasteiger partial charge in [-0.3, -0.25) is 0 Å². The van der Waals surface area contributed by atoms with Crippen molar-refractivity contribution in [2.24, 2.45) is 7.05 Å². The number of rotatable bonds is 1. The van der Waals surface area contributed by atoms with Crippen LogP contribution in [0.5, 0.6) is 0 Å². The third-order valence-electron chi connectivity index (χ3n) is 4.00. The van der Waals surface area contributed by atoms with Gasteiger partial charge in [0, 0.05) is 18.9 Å². The summed E-state index contributed by atoms with van der Waals surface area (Å²) in [6, 6.07) is 21.5. The molecule has 0 amide bonds. The van der Waals surface area contributed by atoms with Crippen molar-refractivity contribution in [3.05, 3.63) is 83.7 Å². The van der Waals surface area contributed by atoms with E-state index < -0.39 is 0 Å². The minimum atomic E-state index is 1.23. The number of nitrogens with zero attached hydrogens (tertiary/aromatic N) is 1. The molecule has 2 aromatic carbocycles. The van der Waals surface area contributed by atoms with Crippen LogP contribution in [0.2, 0.25) is 0 Å². The van der Waals surface area contributed by atoms with E-state index in [0.29, 0.717) is 0 Å². The third kappa shape index (κ3) is 1.56. The van der Waals surface area contributed by atoms with E-state index in [1.54, 1.807) is 0 Å². The molecule has 0 N–H and O–H groups in total. The molecule has 0 atom stereocenters. The topological polar surface area (TPSA) is 4.93 Å². The molecule has 96 valence electrons. The van der Waals surface area contributed by atoms with Crippen LogP contribution in [0.1, 0.15) is 16.8 Å². The molecule has 1 nitrogen and oxygen atoms in total.